The number of benzene rings is 1. The molecule has 1 aliphatic heterocycles. The van der Waals surface area contributed by atoms with Crippen LogP contribution in [0, 0.1) is 4.77 Å². The Bertz CT molecular complexity index is 971. The summed E-state index contributed by atoms with van der Waals surface area (Å²) < 4.78 is 2.51. The predicted molar refractivity (Wildman–Crippen MR) is 96.7 cm³/mol. The fourth-order valence-electron chi connectivity index (χ4n) is 3.55. The number of carbonyl (C=O) groups excluding carboxylic acids is 1. The second-order valence-corrected chi connectivity index (χ2v) is 6.91. The minimum Gasteiger partial charge on any atom is -0.342 e. The monoisotopic (exact) mass is 356 g/mol. The zero-order valence-electron chi connectivity index (χ0n) is 14.0. The number of nitrogens with zero attached hydrogens (tertiary/aromatic N) is 4. The zero-order chi connectivity index (χ0) is 17.4. The third-order valence-corrected chi connectivity index (χ3v) is 5.29. The van der Waals surface area contributed by atoms with Crippen LogP contribution in [0.2, 0.25) is 0 Å². The first kappa shape index (κ1) is 16.0. The number of nitrogens with one attached hydrogen (secondary N) is 2. The van der Waals surface area contributed by atoms with Crippen molar-refractivity contribution in [2.45, 2.75) is 25.2 Å². The van der Waals surface area contributed by atoms with Crippen molar-refractivity contribution in [3.8, 4) is 0 Å². The van der Waals surface area contributed by atoms with E-state index < -0.39 is 0 Å². The van der Waals surface area contributed by atoms with Crippen molar-refractivity contribution < 1.29 is 4.79 Å². The molecule has 0 bridgehead atoms. The number of hydrogen-bond acceptors (Lipinski definition) is 4. The first-order valence-electron chi connectivity index (χ1n) is 8.44. The average molecular weight is 356 g/mol. The first-order valence-corrected chi connectivity index (χ1v) is 8.85. The minimum atomic E-state index is 0.121. The molecule has 1 unspecified atom stereocenters. The Balaban J connectivity index is 1.50. The molecular formula is C17H20N6OS. The van der Waals surface area contributed by atoms with Crippen molar-refractivity contribution in [3.05, 3.63) is 40.6 Å². The first-order chi connectivity index (χ1) is 12.1. The molecule has 1 atom stereocenters. The molecule has 1 saturated heterocycles. The van der Waals surface area contributed by atoms with Crippen molar-refractivity contribution in [1.82, 2.24) is 29.9 Å². The molecule has 130 valence electrons. The summed E-state index contributed by atoms with van der Waals surface area (Å²) in [5.74, 6) is 1.26. The standard InChI is InChI=1S/C17H20N6OS/c1-22-16(20-21-17(22)25)11-5-4-8-23(10-11)15(24)9-14-12-6-2-3-7-13(12)18-19-14/h2-3,6-7,11H,4-5,8-10H2,1H3,(H,18,19)(H,21,25). The van der Waals surface area contributed by atoms with Gasteiger partial charge in [-0.05, 0) is 31.1 Å². The van der Waals surface area contributed by atoms with Crippen LogP contribution in [-0.2, 0) is 18.3 Å². The van der Waals surface area contributed by atoms with Gasteiger partial charge in [-0.1, -0.05) is 18.2 Å². The Morgan fingerprint density at radius 3 is 2.96 bits per heavy atom. The van der Waals surface area contributed by atoms with Gasteiger partial charge in [0.1, 0.15) is 5.82 Å². The molecule has 2 N–H and O–H groups in total. The van der Waals surface area contributed by atoms with Crippen molar-refractivity contribution in [2.24, 2.45) is 7.05 Å². The largest absolute Gasteiger partial charge is 0.342 e. The number of hydrogen-bond donors (Lipinski definition) is 2. The van der Waals surface area contributed by atoms with Crippen molar-refractivity contribution in [3.63, 3.8) is 0 Å². The van der Waals surface area contributed by atoms with Crippen molar-refractivity contribution >= 4 is 29.0 Å². The summed E-state index contributed by atoms with van der Waals surface area (Å²) in [6, 6.07) is 7.85. The highest BCUT2D eigenvalue weighted by atomic mass is 32.1. The van der Waals surface area contributed by atoms with Crippen LogP contribution in [0.15, 0.2) is 24.3 Å². The van der Waals surface area contributed by atoms with Gasteiger partial charge in [0.25, 0.3) is 0 Å². The predicted octanol–water partition coefficient (Wildman–Crippen LogP) is 2.30. The summed E-state index contributed by atoms with van der Waals surface area (Å²) in [7, 11) is 1.92. The highest BCUT2D eigenvalue weighted by Gasteiger charge is 2.28. The molecule has 2 aromatic heterocycles. The van der Waals surface area contributed by atoms with E-state index >= 15 is 0 Å². The van der Waals surface area contributed by atoms with E-state index in [0.717, 1.165) is 41.8 Å². The van der Waals surface area contributed by atoms with Crippen LogP contribution >= 0.6 is 12.2 Å². The third kappa shape index (κ3) is 2.97. The molecule has 0 spiro atoms. The second kappa shape index (κ2) is 6.44. The summed E-state index contributed by atoms with van der Waals surface area (Å²) in [4.78, 5) is 14.7. The van der Waals surface area contributed by atoms with E-state index in [4.69, 9.17) is 12.2 Å². The van der Waals surface area contributed by atoms with Crippen LogP contribution in [0.25, 0.3) is 10.9 Å². The van der Waals surface area contributed by atoms with Gasteiger partial charge in [0.15, 0.2) is 4.77 Å². The van der Waals surface area contributed by atoms with E-state index in [2.05, 4.69) is 20.4 Å². The highest BCUT2D eigenvalue weighted by molar-refractivity contribution is 7.71. The number of rotatable bonds is 3. The Hall–Kier alpha value is -2.48. The van der Waals surface area contributed by atoms with Gasteiger partial charge in [-0.2, -0.15) is 10.2 Å². The minimum absolute atomic E-state index is 0.121. The van der Waals surface area contributed by atoms with E-state index in [9.17, 15) is 4.79 Å². The van der Waals surface area contributed by atoms with Crippen LogP contribution in [0.3, 0.4) is 0 Å². The molecule has 3 heterocycles. The molecule has 3 aromatic rings. The lowest BCUT2D eigenvalue weighted by atomic mass is 9.96. The number of H-pyrrole nitrogens is 2. The SMILES string of the molecule is Cn1c(C2CCCN(C(=O)Cc3[nH]nc4ccccc34)C2)n[nH]c1=S. The van der Waals surface area contributed by atoms with E-state index in [1.807, 2.05) is 40.8 Å². The van der Waals surface area contributed by atoms with Gasteiger partial charge in [-0.25, -0.2) is 0 Å². The lowest BCUT2D eigenvalue weighted by Gasteiger charge is -2.32. The average Bonchev–Trinajstić information content (AvgIpc) is 3.19. The molecule has 1 aromatic carbocycles. The molecule has 0 aliphatic carbocycles. The Labute approximate surface area is 150 Å². The van der Waals surface area contributed by atoms with Crippen molar-refractivity contribution in [1.29, 1.82) is 0 Å². The van der Waals surface area contributed by atoms with E-state index in [0.29, 0.717) is 17.7 Å². The maximum absolute atomic E-state index is 12.8. The number of piperidine rings is 1. The van der Waals surface area contributed by atoms with Crippen molar-refractivity contribution in [2.75, 3.05) is 13.1 Å². The number of amides is 1. The number of aromatic amines is 2. The number of likely N-dealkylation sites (tertiary alicyclic amines) is 1. The number of para-hydroxylation sites is 1. The Kier molecular flexibility index (Phi) is 4.12. The quantitative estimate of drug-likeness (QED) is 0.706. The molecule has 1 fully saturated rings. The number of aromatic nitrogens is 5. The summed E-state index contributed by atoms with van der Waals surface area (Å²) in [5, 5.41) is 15.5. The van der Waals surface area contributed by atoms with Gasteiger partial charge in [-0.3, -0.25) is 15.0 Å². The maximum Gasteiger partial charge on any atom is 0.228 e. The van der Waals surface area contributed by atoms with Crippen LogP contribution in [0.5, 0.6) is 0 Å². The smallest absolute Gasteiger partial charge is 0.228 e. The third-order valence-electron chi connectivity index (χ3n) is 4.92. The summed E-state index contributed by atoms with van der Waals surface area (Å²) in [6.07, 6.45) is 2.33. The van der Waals surface area contributed by atoms with Gasteiger partial charge >= 0.3 is 0 Å². The number of carbonyl (C=O) groups is 1. The summed E-state index contributed by atoms with van der Waals surface area (Å²) in [5.41, 5.74) is 1.77. The fraction of sp³-hybridized carbons (Fsp3) is 0.412. The van der Waals surface area contributed by atoms with Gasteiger partial charge in [-0.15, -0.1) is 0 Å². The molecule has 1 aliphatic rings. The van der Waals surface area contributed by atoms with Gasteiger partial charge < -0.3 is 9.47 Å². The van der Waals surface area contributed by atoms with E-state index in [-0.39, 0.29) is 11.8 Å². The Morgan fingerprint density at radius 2 is 2.16 bits per heavy atom. The summed E-state index contributed by atoms with van der Waals surface area (Å²) in [6.45, 7) is 1.47. The molecule has 25 heavy (non-hydrogen) atoms. The second-order valence-electron chi connectivity index (χ2n) is 6.52. The molecule has 0 radical (unpaired) electrons. The van der Waals surface area contributed by atoms with Crippen LogP contribution < -0.4 is 0 Å². The van der Waals surface area contributed by atoms with Gasteiger partial charge in [0, 0.05) is 31.4 Å². The topological polar surface area (TPSA) is 82.6 Å². The van der Waals surface area contributed by atoms with Crippen LogP contribution in [-0.4, -0.2) is 48.9 Å². The molecule has 4 rings (SSSR count). The lowest BCUT2D eigenvalue weighted by Crippen LogP contribution is -2.40. The molecule has 1 amide bonds. The molecule has 8 heteroatoms. The van der Waals surface area contributed by atoms with E-state index in [1.165, 1.54) is 0 Å². The molecule has 0 saturated carbocycles. The maximum atomic E-state index is 12.8. The number of fused-ring (bicyclic) bond motifs is 1. The fourth-order valence-corrected chi connectivity index (χ4v) is 3.69. The summed E-state index contributed by atoms with van der Waals surface area (Å²) >= 11 is 5.20. The lowest BCUT2D eigenvalue weighted by molar-refractivity contribution is -0.131. The highest BCUT2D eigenvalue weighted by Crippen LogP contribution is 2.26. The molecule has 7 nitrogen and oxygen atoms in total. The van der Waals surface area contributed by atoms with Gasteiger partial charge in [0.05, 0.1) is 17.6 Å². The van der Waals surface area contributed by atoms with Gasteiger partial charge in [0.2, 0.25) is 5.91 Å². The Morgan fingerprint density at radius 1 is 1.32 bits per heavy atom. The zero-order valence-corrected chi connectivity index (χ0v) is 14.8. The normalized spacial score (nSPS) is 18.0. The van der Waals surface area contributed by atoms with Crippen LogP contribution in [0.4, 0.5) is 0 Å². The van der Waals surface area contributed by atoms with E-state index in [1.54, 1.807) is 0 Å². The van der Waals surface area contributed by atoms with Crippen LogP contribution in [0.1, 0.15) is 30.3 Å². The molecular weight excluding hydrogens is 336 g/mol.